The molecule has 1 heterocycles. The van der Waals surface area contributed by atoms with Crippen molar-refractivity contribution in [3.05, 3.63) is 42.5 Å². The van der Waals surface area contributed by atoms with Gasteiger partial charge in [0.25, 0.3) is 0 Å². The van der Waals surface area contributed by atoms with E-state index in [9.17, 15) is 0 Å². The minimum atomic E-state index is 0. The van der Waals surface area contributed by atoms with Crippen molar-refractivity contribution < 1.29 is 4.42 Å². The lowest BCUT2D eigenvalue weighted by molar-refractivity contribution is 0.620. The van der Waals surface area contributed by atoms with Gasteiger partial charge in [0.15, 0.2) is 5.58 Å². The van der Waals surface area contributed by atoms with E-state index in [-0.39, 0.29) is 24.8 Å². The highest BCUT2D eigenvalue weighted by atomic mass is 35.5. The van der Waals surface area contributed by atoms with E-state index in [1.807, 2.05) is 30.3 Å². The summed E-state index contributed by atoms with van der Waals surface area (Å²) in [5.41, 5.74) is 15.1. The molecule has 0 aliphatic heterocycles. The van der Waals surface area contributed by atoms with Crippen molar-refractivity contribution in [1.82, 2.24) is 4.98 Å². The molecule has 0 amide bonds. The fourth-order valence-electron chi connectivity index (χ4n) is 1.74. The summed E-state index contributed by atoms with van der Waals surface area (Å²) in [4.78, 5) is 4.38. The number of halogens is 2. The van der Waals surface area contributed by atoms with E-state index in [1.54, 1.807) is 12.1 Å². The summed E-state index contributed by atoms with van der Waals surface area (Å²) in [6.07, 6.45) is 0. The number of fused-ring (bicyclic) bond motifs is 1. The SMILES string of the molecule is Cl.Cl.Nc1cccc(-c2nc3cc(N)ccc3o2)c1. The molecular weight excluding hydrogens is 285 g/mol. The first-order valence-electron chi connectivity index (χ1n) is 5.24. The zero-order chi connectivity index (χ0) is 11.8. The fraction of sp³-hybridized carbons (Fsp3) is 0. The molecule has 0 fully saturated rings. The molecular formula is C13H13Cl2N3O. The van der Waals surface area contributed by atoms with Crippen molar-refractivity contribution in [3.63, 3.8) is 0 Å². The molecule has 19 heavy (non-hydrogen) atoms. The van der Waals surface area contributed by atoms with Gasteiger partial charge in [-0.3, -0.25) is 0 Å². The van der Waals surface area contributed by atoms with Gasteiger partial charge in [0.05, 0.1) is 0 Å². The summed E-state index contributed by atoms with van der Waals surface area (Å²) in [5.74, 6) is 0.554. The van der Waals surface area contributed by atoms with Crippen LogP contribution in [0.5, 0.6) is 0 Å². The molecule has 0 radical (unpaired) electrons. The summed E-state index contributed by atoms with van der Waals surface area (Å²) in [6.45, 7) is 0. The van der Waals surface area contributed by atoms with E-state index in [4.69, 9.17) is 15.9 Å². The molecule has 0 saturated carbocycles. The molecule has 6 heteroatoms. The predicted molar refractivity (Wildman–Crippen MR) is 82.8 cm³/mol. The second kappa shape index (κ2) is 5.82. The molecule has 0 saturated heterocycles. The number of nitrogen functional groups attached to an aromatic ring is 2. The van der Waals surface area contributed by atoms with Gasteiger partial charge >= 0.3 is 0 Å². The average Bonchev–Trinajstić information content (AvgIpc) is 2.72. The third-order valence-electron chi connectivity index (χ3n) is 2.55. The van der Waals surface area contributed by atoms with Crippen LogP contribution in [-0.4, -0.2) is 4.98 Å². The van der Waals surface area contributed by atoms with Gasteiger partial charge < -0.3 is 15.9 Å². The van der Waals surface area contributed by atoms with Gasteiger partial charge in [0, 0.05) is 16.9 Å². The van der Waals surface area contributed by atoms with Crippen LogP contribution in [0.4, 0.5) is 11.4 Å². The Balaban J connectivity index is 0.000000902. The van der Waals surface area contributed by atoms with Gasteiger partial charge in [-0.05, 0) is 36.4 Å². The number of nitrogens with two attached hydrogens (primary N) is 2. The van der Waals surface area contributed by atoms with Gasteiger partial charge in [-0.15, -0.1) is 24.8 Å². The minimum Gasteiger partial charge on any atom is -0.436 e. The molecule has 4 N–H and O–H groups in total. The fourth-order valence-corrected chi connectivity index (χ4v) is 1.74. The van der Waals surface area contributed by atoms with Crippen molar-refractivity contribution in [2.24, 2.45) is 0 Å². The molecule has 3 aromatic rings. The van der Waals surface area contributed by atoms with Crippen LogP contribution in [0.15, 0.2) is 46.9 Å². The van der Waals surface area contributed by atoms with Crippen molar-refractivity contribution in [2.75, 3.05) is 11.5 Å². The normalized spacial score (nSPS) is 9.68. The lowest BCUT2D eigenvalue weighted by Crippen LogP contribution is -1.85. The molecule has 0 atom stereocenters. The monoisotopic (exact) mass is 297 g/mol. The van der Waals surface area contributed by atoms with Crippen molar-refractivity contribution in [2.45, 2.75) is 0 Å². The van der Waals surface area contributed by atoms with E-state index in [0.717, 1.165) is 16.7 Å². The number of hydrogen-bond donors (Lipinski definition) is 2. The van der Waals surface area contributed by atoms with Crippen LogP contribution in [0, 0.1) is 0 Å². The van der Waals surface area contributed by atoms with Crippen LogP contribution < -0.4 is 11.5 Å². The maximum Gasteiger partial charge on any atom is 0.227 e. The summed E-state index contributed by atoms with van der Waals surface area (Å²) >= 11 is 0. The Labute approximate surface area is 122 Å². The van der Waals surface area contributed by atoms with Gasteiger partial charge in [0.1, 0.15) is 5.52 Å². The lowest BCUT2D eigenvalue weighted by Gasteiger charge is -1.95. The van der Waals surface area contributed by atoms with Crippen LogP contribution in [0.3, 0.4) is 0 Å². The summed E-state index contributed by atoms with van der Waals surface area (Å²) in [5, 5.41) is 0. The molecule has 0 aliphatic rings. The summed E-state index contributed by atoms with van der Waals surface area (Å²) in [6, 6.07) is 12.8. The highest BCUT2D eigenvalue weighted by molar-refractivity contribution is 5.85. The number of aromatic nitrogens is 1. The topological polar surface area (TPSA) is 78.1 Å². The van der Waals surface area contributed by atoms with Gasteiger partial charge in [-0.1, -0.05) is 6.07 Å². The Hall–Kier alpha value is -1.91. The number of benzene rings is 2. The van der Waals surface area contributed by atoms with Gasteiger partial charge in [-0.2, -0.15) is 0 Å². The second-order valence-corrected chi connectivity index (χ2v) is 3.87. The first-order chi connectivity index (χ1) is 8.22. The third kappa shape index (κ3) is 2.92. The van der Waals surface area contributed by atoms with Gasteiger partial charge in [-0.25, -0.2) is 4.98 Å². The summed E-state index contributed by atoms with van der Waals surface area (Å²) in [7, 11) is 0. The molecule has 1 aromatic heterocycles. The minimum absolute atomic E-state index is 0. The van der Waals surface area contributed by atoms with Crippen molar-refractivity contribution >= 4 is 47.3 Å². The lowest BCUT2D eigenvalue weighted by atomic mass is 10.2. The molecule has 3 rings (SSSR count). The highest BCUT2D eigenvalue weighted by Crippen LogP contribution is 2.26. The van der Waals surface area contributed by atoms with Crippen LogP contribution in [-0.2, 0) is 0 Å². The smallest absolute Gasteiger partial charge is 0.227 e. The number of hydrogen-bond acceptors (Lipinski definition) is 4. The average molecular weight is 298 g/mol. The largest absolute Gasteiger partial charge is 0.436 e. The molecule has 0 bridgehead atoms. The van der Waals surface area contributed by atoms with Crippen molar-refractivity contribution in [3.8, 4) is 11.5 Å². The maximum absolute atomic E-state index is 5.72. The van der Waals surface area contributed by atoms with Crippen LogP contribution in [0.1, 0.15) is 0 Å². The molecule has 0 unspecified atom stereocenters. The van der Waals surface area contributed by atoms with Crippen LogP contribution >= 0.6 is 24.8 Å². The zero-order valence-corrected chi connectivity index (χ0v) is 11.5. The van der Waals surface area contributed by atoms with E-state index < -0.39 is 0 Å². The number of rotatable bonds is 1. The van der Waals surface area contributed by atoms with E-state index >= 15 is 0 Å². The van der Waals surface area contributed by atoms with Crippen LogP contribution in [0.25, 0.3) is 22.6 Å². The van der Waals surface area contributed by atoms with Crippen molar-refractivity contribution in [1.29, 1.82) is 0 Å². The first-order valence-corrected chi connectivity index (χ1v) is 5.24. The molecule has 0 spiro atoms. The number of oxazole rings is 1. The standard InChI is InChI=1S/C13H11N3O.2ClH/c14-9-3-1-2-8(6-9)13-16-11-7-10(15)4-5-12(11)17-13;;/h1-7H,14-15H2;2*1H. The highest BCUT2D eigenvalue weighted by Gasteiger charge is 2.08. The Morgan fingerprint density at radius 2 is 1.63 bits per heavy atom. The number of nitrogens with zero attached hydrogens (tertiary/aromatic N) is 1. The predicted octanol–water partition coefficient (Wildman–Crippen LogP) is 3.50. The molecule has 4 nitrogen and oxygen atoms in total. The van der Waals surface area contributed by atoms with E-state index in [1.165, 1.54) is 0 Å². The molecule has 2 aromatic carbocycles. The number of anilines is 2. The second-order valence-electron chi connectivity index (χ2n) is 3.87. The van der Waals surface area contributed by atoms with Gasteiger partial charge in [0.2, 0.25) is 5.89 Å². The molecule has 100 valence electrons. The molecule has 0 aliphatic carbocycles. The van der Waals surface area contributed by atoms with Crippen LogP contribution in [0.2, 0.25) is 0 Å². The quantitative estimate of drug-likeness (QED) is 0.674. The first kappa shape index (κ1) is 15.1. The maximum atomic E-state index is 5.72. The summed E-state index contributed by atoms with van der Waals surface area (Å²) < 4.78 is 5.64. The van der Waals surface area contributed by atoms with E-state index in [2.05, 4.69) is 4.98 Å². The Morgan fingerprint density at radius 3 is 2.37 bits per heavy atom. The Bertz CT molecular complexity index is 697. The Kier molecular flexibility index (Phi) is 4.64. The Morgan fingerprint density at radius 1 is 0.895 bits per heavy atom. The zero-order valence-electron chi connectivity index (χ0n) is 9.87. The van der Waals surface area contributed by atoms with E-state index in [0.29, 0.717) is 17.3 Å². The third-order valence-corrected chi connectivity index (χ3v) is 2.55.